The highest BCUT2D eigenvalue weighted by atomic mass is 16.2. The molecule has 0 aliphatic carbocycles. The number of carbonyl (C=O) groups is 2. The molecular weight excluding hydrogens is 404 g/mol. The van der Waals surface area contributed by atoms with Crippen molar-refractivity contribution in [2.75, 3.05) is 29.9 Å². The number of nitrogens with two attached hydrogens (primary N) is 1. The number of hydrogen-bond acceptors (Lipinski definition) is 6. The molecule has 8 nitrogen and oxygen atoms in total. The van der Waals surface area contributed by atoms with Crippen molar-refractivity contribution in [1.29, 1.82) is 0 Å². The number of urea groups is 1. The summed E-state index contributed by atoms with van der Waals surface area (Å²) in [5, 5.41) is 0. The minimum absolute atomic E-state index is 0.0461. The van der Waals surface area contributed by atoms with Gasteiger partial charge in [0.15, 0.2) is 11.7 Å². The predicted octanol–water partition coefficient (Wildman–Crippen LogP) is 2.47. The number of para-hydroxylation sites is 2. The van der Waals surface area contributed by atoms with Crippen molar-refractivity contribution < 1.29 is 9.59 Å². The number of rotatable bonds is 2. The molecule has 3 aliphatic heterocycles. The molecule has 5 rings (SSSR count). The molecule has 3 heterocycles. The zero-order valence-electron chi connectivity index (χ0n) is 18.4. The van der Waals surface area contributed by atoms with Gasteiger partial charge in [-0.15, -0.1) is 0 Å². The Morgan fingerprint density at radius 1 is 1.00 bits per heavy atom. The third-order valence-corrected chi connectivity index (χ3v) is 6.60. The van der Waals surface area contributed by atoms with Crippen LogP contribution in [0, 0.1) is 0 Å². The number of amides is 3. The van der Waals surface area contributed by atoms with E-state index < -0.39 is 11.7 Å². The van der Waals surface area contributed by atoms with Crippen molar-refractivity contribution in [3.63, 3.8) is 0 Å². The SMILES string of the molecule is CN1C(=O)C2N(c3ccccc3)C(N3CCCC(N)C3)=NC2(C)N(c2ccccc2)C1=O. The zero-order valence-corrected chi connectivity index (χ0v) is 18.4. The molecule has 0 spiro atoms. The molecule has 3 unspecified atom stereocenters. The van der Waals surface area contributed by atoms with E-state index in [1.54, 1.807) is 4.90 Å². The zero-order chi connectivity index (χ0) is 22.5. The van der Waals surface area contributed by atoms with Crippen LogP contribution in [0.25, 0.3) is 0 Å². The number of likely N-dealkylation sites (tertiary alicyclic amines) is 1. The molecule has 2 aromatic rings. The van der Waals surface area contributed by atoms with Crippen LogP contribution in [-0.4, -0.2) is 65.6 Å². The van der Waals surface area contributed by atoms with Gasteiger partial charge in [-0.05, 0) is 44.0 Å². The smallest absolute Gasteiger partial charge is 0.333 e. The number of piperidine rings is 1. The van der Waals surface area contributed by atoms with E-state index in [-0.39, 0.29) is 18.0 Å². The summed E-state index contributed by atoms with van der Waals surface area (Å²) < 4.78 is 0. The van der Waals surface area contributed by atoms with E-state index in [1.165, 1.54) is 11.9 Å². The maximum Gasteiger partial charge on any atom is 0.333 e. The molecular formula is C24H28N6O2. The minimum atomic E-state index is -1.10. The quantitative estimate of drug-likeness (QED) is 0.788. The van der Waals surface area contributed by atoms with E-state index in [0.717, 1.165) is 25.1 Å². The van der Waals surface area contributed by atoms with Crippen molar-refractivity contribution >= 4 is 29.3 Å². The Bertz CT molecular complexity index is 1060. The van der Waals surface area contributed by atoms with Gasteiger partial charge in [-0.25, -0.2) is 9.79 Å². The molecule has 166 valence electrons. The molecule has 0 bridgehead atoms. The summed E-state index contributed by atoms with van der Waals surface area (Å²) in [6, 6.07) is 18.2. The number of fused-ring (bicyclic) bond motifs is 1. The summed E-state index contributed by atoms with van der Waals surface area (Å²) in [5.74, 6) is 0.421. The summed E-state index contributed by atoms with van der Waals surface area (Å²) in [6.07, 6.45) is 1.92. The molecule has 2 saturated heterocycles. The van der Waals surface area contributed by atoms with Gasteiger partial charge in [0.1, 0.15) is 0 Å². The van der Waals surface area contributed by atoms with Crippen LogP contribution in [0.5, 0.6) is 0 Å². The lowest BCUT2D eigenvalue weighted by Gasteiger charge is -2.47. The first-order valence-electron chi connectivity index (χ1n) is 11.0. The first-order valence-corrected chi connectivity index (χ1v) is 11.0. The maximum absolute atomic E-state index is 13.6. The van der Waals surface area contributed by atoms with E-state index in [1.807, 2.05) is 72.5 Å². The van der Waals surface area contributed by atoms with Gasteiger partial charge in [-0.3, -0.25) is 19.5 Å². The maximum atomic E-state index is 13.6. The molecule has 3 aliphatic rings. The topological polar surface area (TPSA) is 85.5 Å². The molecule has 2 fully saturated rings. The second-order valence-corrected chi connectivity index (χ2v) is 8.81. The molecule has 3 atom stereocenters. The number of imide groups is 1. The van der Waals surface area contributed by atoms with Crippen molar-refractivity contribution in [2.24, 2.45) is 10.7 Å². The van der Waals surface area contributed by atoms with Gasteiger partial charge in [-0.1, -0.05) is 36.4 Å². The van der Waals surface area contributed by atoms with Gasteiger partial charge >= 0.3 is 6.03 Å². The van der Waals surface area contributed by atoms with E-state index in [4.69, 9.17) is 10.7 Å². The normalized spacial score (nSPS) is 28.2. The molecule has 2 aromatic carbocycles. The van der Waals surface area contributed by atoms with Gasteiger partial charge in [-0.2, -0.15) is 0 Å². The second-order valence-electron chi connectivity index (χ2n) is 8.81. The third-order valence-electron chi connectivity index (χ3n) is 6.60. The minimum Gasteiger partial charge on any atom is -0.341 e. The summed E-state index contributed by atoms with van der Waals surface area (Å²) in [4.78, 5) is 39.1. The van der Waals surface area contributed by atoms with E-state index in [0.29, 0.717) is 18.2 Å². The molecule has 32 heavy (non-hydrogen) atoms. The molecule has 0 saturated carbocycles. The fourth-order valence-electron chi connectivity index (χ4n) is 5.03. The lowest BCUT2D eigenvalue weighted by Crippen LogP contribution is -2.71. The monoisotopic (exact) mass is 432 g/mol. The van der Waals surface area contributed by atoms with Crippen LogP contribution in [0.2, 0.25) is 0 Å². The Balaban J connectivity index is 1.69. The molecule has 0 aromatic heterocycles. The predicted molar refractivity (Wildman–Crippen MR) is 124 cm³/mol. The number of benzene rings is 2. The Hall–Kier alpha value is -3.39. The van der Waals surface area contributed by atoms with Gasteiger partial charge in [0.05, 0.1) is 0 Å². The van der Waals surface area contributed by atoms with Crippen molar-refractivity contribution in [3.05, 3.63) is 60.7 Å². The number of hydrogen-bond donors (Lipinski definition) is 1. The standard InChI is InChI=1S/C24H28N6O2/c1-24-20(21(31)27(2)23(32)30(24)19-13-7-4-8-14-19)29(18-11-5-3-6-12-18)22(26-24)28-15-9-10-17(25)16-28/h3-8,11-14,17,20H,9-10,15-16,25H2,1-2H3. The van der Waals surface area contributed by atoms with Crippen LogP contribution >= 0.6 is 0 Å². The lowest BCUT2D eigenvalue weighted by molar-refractivity contribution is -0.130. The van der Waals surface area contributed by atoms with Crippen molar-refractivity contribution in [2.45, 2.75) is 37.5 Å². The number of aliphatic imine (C=N–C) groups is 1. The van der Waals surface area contributed by atoms with Gasteiger partial charge in [0.25, 0.3) is 5.91 Å². The Morgan fingerprint density at radius 2 is 1.62 bits per heavy atom. The van der Waals surface area contributed by atoms with Crippen LogP contribution < -0.4 is 15.5 Å². The van der Waals surface area contributed by atoms with Crippen LogP contribution in [0.3, 0.4) is 0 Å². The molecule has 2 N–H and O–H groups in total. The summed E-state index contributed by atoms with van der Waals surface area (Å²) in [6.45, 7) is 3.34. The number of likely N-dealkylation sites (N-methyl/N-ethyl adjacent to an activating group) is 1. The average Bonchev–Trinajstić information content (AvgIpc) is 3.13. The largest absolute Gasteiger partial charge is 0.341 e. The van der Waals surface area contributed by atoms with E-state index in [2.05, 4.69) is 4.90 Å². The number of guanidine groups is 1. The summed E-state index contributed by atoms with van der Waals surface area (Å²) in [7, 11) is 1.54. The average molecular weight is 433 g/mol. The van der Waals surface area contributed by atoms with Gasteiger partial charge < -0.3 is 10.6 Å². The number of carbonyl (C=O) groups excluding carboxylic acids is 2. The Kier molecular flexibility index (Phi) is 4.89. The first kappa shape index (κ1) is 20.5. The van der Waals surface area contributed by atoms with Crippen LogP contribution in [0.1, 0.15) is 19.8 Å². The fourth-order valence-corrected chi connectivity index (χ4v) is 5.03. The van der Waals surface area contributed by atoms with E-state index >= 15 is 0 Å². The highest BCUT2D eigenvalue weighted by Gasteiger charge is 2.61. The Morgan fingerprint density at radius 3 is 2.25 bits per heavy atom. The van der Waals surface area contributed by atoms with Gasteiger partial charge in [0, 0.05) is 37.6 Å². The third kappa shape index (κ3) is 3.05. The molecule has 8 heteroatoms. The van der Waals surface area contributed by atoms with Crippen molar-refractivity contribution in [3.8, 4) is 0 Å². The van der Waals surface area contributed by atoms with Crippen LogP contribution in [0.4, 0.5) is 16.2 Å². The number of anilines is 2. The van der Waals surface area contributed by atoms with Crippen LogP contribution in [0.15, 0.2) is 65.7 Å². The first-order chi connectivity index (χ1) is 15.4. The summed E-state index contributed by atoms with van der Waals surface area (Å²) >= 11 is 0. The number of nitrogens with zero attached hydrogens (tertiary/aromatic N) is 5. The lowest BCUT2D eigenvalue weighted by atomic mass is 9.95. The highest BCUT2D eigenvalue weighted by Crippen LogP contribution is 2.42. The fraction of sp³-hybridized carbons (Fsp3) is 0.375. The van der Waals surface area contributed by atoms with Crippen molar-refractivity contribution in [1.82, 2.24) is 9.80 Å². The van der Waals surface area contributed by atoms with Gasteiger partial charge in [0.2, 0.25) is 5.96 Å². The van der Waals surface area contributed by atoms with Crippen LogP contribution in [-0.2, 0) is 4.79 Å². The molecule has 3 amide bonds. The second kappa shape index (κ2) is 7.63. The molecule has 0 radical (unpaired) electrons. The Labute approximate surface area is 187 Å². The highest BCUT2D eigenvalue weighted by molar-refractivity contribution is 6.16. The van der Waals surface area contributed by atoms with E-state index in [9.17, 15) is 9.59 Å². The summed E-state index contributed by atoms with van der Waals surface area (Å²) in [5.41, 5.74) is 6.76.